The van der Waals surface area contributed by atoms with Gasteiger partial charge in [0.1, 0.15) is 4.90 Å². The van der Waals surface area contributed by atoms with Crippen LogP contribution < -0.4 is 10.5 Å². The highest BCUT2D eigenvalue weighted by atomic mass is 35.5. The molecule has 0 saturated heterocycles. The SMILES string of the molecule is CC(NS(=O)(=O)c1cc(Cl)ccc1Cl)/C(N)=N/O. The molecule has 1 unspecified atom stereocenters. The Morgan fingerprint density at radius 2 is 2.11 bits per heavy atom. The fourth-order valence-electron chi connectivity index (χ4n) is 1.13. The number of nitrogens with two attached hydrogens (primary N) is 1. The second-order valence-electron chi connectivity index (χ2n) is 3.44. The summed E-state index contributed by atoms with van der Waals surface area (Å²) in [7, 11) is -3.91. The minimum Gasteiger partial charge on any atom is -0.409 e. The molecule has 0 amide bonds. The van der Waals surface area contributed by atoms with Gasteiger partial charge in [-0.3, -0.25) is 0 Å². The summed E-state index contributed by atoms with van der Waals surface area (Å²) in [5.74, 6) is -0.267. The van der Waals surface area contributed by atoms with Crippen LogP contribution in [0.3, 0.4) is 0 Å². The second kappa shape index (κ2) is 5.75. The summed E-state index contributed by atoms with van der Waals surface area (Å²) in [5, 5.41) is 11.4. The summed E-state index contributed by atoms with van der Waals surface area (Å²) in [5.41, 5.74) is 5.28. The van der Waals surface area contributed by atoms with Crippen LogP contribution in [0.2, 0.25) is 10.0 Å². The molecule has 0 spiro atoms. The Hall–Kier alpha value is -1.02. The first-order chi connectivity index (χ1) is 8.27. The van der Waals surface area contributed by atoms with Crippen LogP contribution in [0.1, 0.15) is 6.92 Å². The zero-order valence-corrected chi connectivity index (χ0v) is 11.6. The van der Waals surface area contributed by atoms with Gasteiger partial charge in [-0.1, -0.05) is 28.4 Å². The minimum absolute atomic E-state index is 0.0265. The van der Waals surface area contributed by atoms with Crippen LogP contribution >= 0.6 is 23.2 Å². The van der Waals surface area contributed by atoms with E-state index >= 15 is 0 Å². The summed E-state index contributed by atoms with van der Waals surface area (Å²) in [6, 6.07) is 3.17. The average Bonchev–Trinajstić information content (AvgIpc) is 2.30. The maximum absolute atomic E-state index is 12.0. The Balaban J connectivity index is 3.11. The molecule has 1 atom stereocenters. The first kappa shape index (κ1) is 15.0. The molecule has 1 aromatic carbocycles. The third-order valence-corrected chi connectivity index (χ3v) is 4.33. The number of benzene rings is 1. The van der Waals surface area contributed by atoms with Crippen molar-refractivity contribution in [1.29, 1.82) is 0 Å². The third-order valence-electron chi connectivity index (χ3n) is 2.07. The zero-order chi connectivity index (χ0) is 13.9. The Morgan fingerprint density at radius 3 is 2.67 bits per heavy atom. The molecule has 0 bridgehead atoms. The van der Waals surface area contributed by atoms with Gasteiger partial charge in [0, 0.05) is 5.02 Å². The van der Waals surface area contributed by atoms with Gasteiger partial charge >= 0.3 is 0 Å². The Labute approximate surface area is 114 Å². The molecule has 4 N–H and O–H groups in total. The molecule has 0 radical (unpaired) electrons. The third kappa shape index (κ3) is 3.49. The number of halogens is 2. The molecule has 0 aliphatic heterocycles. The number of hydrogen-bond donors (Lipinski definition) is 3. The van der Waals surface area contributed by atoms with Crippen molar-refractivity contribution in [3.8, 4) is 0 Å². The van der Waals surface area contributed by atoms with Crippen LogP contribution in [-0.4, -0.2) is 25.5 Å². The van der Waals surface area contributed by atoms with Gasteiger partial charge in [-0.05, 0) is 25.1 Å². The number of oxime groups is 1. The standard InChI is InChI=1S/C9H11Cl2N3O3S/c1-5(9(12)13-15)14-18(16,17)8-4-6(10)2-3-7(8)11/h2-5,14-15H,1H3,(H2,12,13). The summed E-state index contributed by atoms with van der Waals surface area (Å²) in [4.78, 5) is -0.172. The van der Waals surface area contributed by atoms with Crippen molar-refractivity contribution in [1.82, 2.24) is 4.72 Å². The van der Waals surface area contributed by atoms with E-state index in [1.54, 1.807) is 0 Å². The predicted octanol–water partition coefficient (Wildman–Crippen LogP) is 1.41. The van der Waals surface area contributed by atoms with E-state index in [9.17, 15) is 8.42 Å². The van der Waals surface area contributed by atoms with Gasteiger partial charge in [-0.15, -0.1) is 0 Å². The van der Waals surface area contributed by atoms with Gasteiger partial charge in [0.15, 0.2) is 5.84 Å². The van der Waals surface area contributed by atoms with Crippen molar-refractivity contribution in [2.24, 2.45) is 10.9 Å². The van der Waals surface area contributed by atoms with E-state index < -0.39 is 16.1 Å². The van der Waals surface area contributed by atoms with Crippen LogP contribution in [0.4, 0.5) is 0 Å². The molecule has 9 heteroatoms. The Morgan fingerprint density at radius 1 is 1.50 bits per heavy atom. The fraction of sp³-hybridized carbons (Fsp3) is 0.222. The van der Waals surface area contributed by atoms with E-state index in [2.05, 4.69) is 9.88 Å². The number of rotatable bonds is 4. The molecule has 0 fully saturated rings. The van der Waals surface area contributed by atoms with E-state index in [1.807, 2.05) is 0 Å². The number of nitrogens with zero attached hydrogens (tertiary/aromatic N) is 1. The summed E-state index contributed by atoms with van der Waals surface area (Å²) in [6.45, 7) is 1.42. The number of amidine groups is 1. The lowest BCUT2D eigenvalue weighted by Gasteiger charge is -2.13. The number of hydrogen-bond acceptors (Lipinski definition) is 4. The molecule has 6 nitrogen and oxygen atoms in total. The van der Waals surface area contributed by atoms with Crippen molar-refractivity contribution in [3.63, 3.8) is 0 Å². The number of sulfonamides is 1. The van der Waals surface area contributed by atoms with Crippen LogP contribution in [0.15, 0.2) is 28.3 Å². The molecular weight excluding hydrogens is 301 g/mol. The molecule has 0 heterocycles. The normalized spacial score (nSPS) is 14.5. The smallest absolute Gasteiger partial charge is 0.242 e. The lowest BCUT2D eigenvalue weighted by atomic mass is 10.3. The molecule has 100 valence electrons. The quantitative estimate of drug-likeness (QED) is 0.338. The highest BCUT2D eigenvalue weighted by Crippen LogP contribution is 2.24. The highest BCUT2D eigenvalue weighted by Gasteiger charge is 2.22. The van der Waals surface area contributed by atoms with Crippen LogP contribution in [0.5, 0.6) is 0 Å². The monoisotopic (exact) mass is 311 g/mol. The molecular formula is C9H11Cl2N3O3S. The summed E-state index contributed by atoms with van der Waals surface area (Å²) in [6.07, 6.45) is 0. The molecule has 0 aromatic heterocycles. The van der Waals surface area contributed by atoms with E-state index in [4.69, 9.17) is 34.1 Å². The molecule has 1 aromatic rings. The van der Waals surface area contributed by atoms with Gasteiger partial charge in [0.2, 0.25) is 10.0 Å². The second-order valence-corrected chi connectivity index (χ2v) is 5.97. The summed E-state index contributed by atoms with van der Waals surface area (Å²) >= 11 is 11.5. The van der Waals surface area contributed by atoms with E-state index in [-0.39, 0.29) is 20.8 Å². The van der Waals surface area contributed by atoms with Crippen molar-refractivity contribution in [2.75, 3.05) is 0 Å². The Bertz CT molecular complexity index is 574. The van der Waals surface area contributed by atoms with E-state index in [0.29, 0.717) is 0 Å². The largest absolute Gasteiger partial charge is 0.409 e. The maximum Gasteiger partial charge on any atom is 0.242 e. The maximum atomic E-state index is 12.0. The topological polar surface area (TPSA) is 105 Å². The minimum atomic E-state index is -3.91. The summed E-state index contributed by atoms with van der Waals surface area (Å²) < 4.78 is 26.2. The molecule has 0 aliphatic carbocycles. The fourth-order valence-corrected chi connectivity index (χ4v) is 3.11. The number of nitrogens with one attached hydrogen (secondary N) is 1. The molecule has 0 saturated carbocycles. The van der Waals surface area contributed by atoms with Gasteiger partial charge in [0.25, 0.3) is 0 Å². The Kier molecular flexibility index (Phi) is 4.80. The average molecular weight is 312 g/mol. The van der Waals surface area contributed by atoms with Crippen molar-refractivity contribution < 1.29 is 13.6 Å². The van der Waals surface area contributed by atoms with E-state index in [1.165, 1.54) is 25.1 Å². The van der Waals surface area contributed by atoms with Crippen LogP contribution in [0, 0.1) is 0 Å². The zero-order valence-electron chi connectivity index (χ0n) is 9.26. The van der Waals surface area contributed by atoms with Crippen LogP contribution in [-0.2, 0) is 10.0 Å². The molecule has 1 rings (SSSR count). The van der Waals surface area contributed by atoms with Crippen molar-refractivity contribution in [3.05, 3.63) is 28.2 Å². The van der Waals surface area contributed by atoms with Gasteiger partial charge in [-0.25, -0.2) is 13.1 Å². The van der Waals surface area contributed by atoms with Gasteiger partial charge in [-0.2, -0.15) is 0 Å². The van der Waals surface area contributed by atoms with Crippen LogP contribution in [0.25, 0.3) is 0 Å². The van der Waals surface area contributed by atoms with Gasteiger partial charge in [0.05, 0.1) is 11.1 Å². The predicted molar refractivity (Wildman–Crippen MR) is 69.7 cm³/mol. The first-order valence-corrected chi connectivity index (χ1v) is 6.96. The van der Waals surface area contributed by atoms with Crippen molar-refractivity contribution >= 4 is 39.1 Å². The van der Waals surface area contributed by atoms with E-state index in [0.717, 1.165) is 0 Å². The molecule has 0 aliphatic rings. The lowest BCUT2D eigenvalue weighted by Crippen LogP contribution is -2.42. The highest BCUT2D eigenvalue weighted by molar-refractivity contribution is 7.89. The first-order valence-electron chi connectivity index (χ1n) is 4.72. The molecule has 18 heavy (non-hydrogen) atoms. The van der Waals surface area contributed by atoms with Crippen molar-refractivity contribution in [2.45, 2.75) is 17.9 Å². The lowest BCUT2D eigenvalue weighted by molar-refractivity contribution is 0.316. The van der Waals surface area contributed by atoms with Gasteiger partial charge < -0.3 is 10.9 Å².